The number of ether oxygens (including phenoxy) is 2. The van der Waals surface area contributed by atoms with Gasteiger partial charge < -0.3 is 14.6 Å². The van der Waals surface area contributed by atoms with Crippen molar-refractivity contribution in [3.05, 3.63) is 0 Å². The first-order valence-corrected chi connectivity index (χ1v) is 7.72. The third kappa shape index (κ3) is 4.73. The predicted octanol–water partition coefficient (Wildman–Crippen LogP) is 3.54. The molecular formula is C16H32O3. The normalized spacial score (nSPS) is 30.3. The summed E-state index contributed by atoms with van der Waals surface area (Å²) in [6.45, 7) is 9.12. The van der Waals surface area contributed by atoms with E-state index in [0.717, 1.165) is 44.4 Å². The maximum atomic E-state index is 10.6. The van der Waals surface area contributed by atoms with Gasteiger partial charge in [0, 0.05) is 13.7 Å². The van der Waals surface area contributed by atoms with Gasteiger partial charge >= 0.3 is 0 Å². The molecule has 1 aliphatic carbocycles. The zero-order valence-electron chi connectivity index (χ0n) is 13.4. The van der Waals surface area contributed by atoms with Gasteiger partial charge in [-0.1, -0.05) is 6.92 Å². The Morgan fingerprint density at radius 1 is 1.32 bits per heavy atom. The minimum atomic E-state index is -0.380. The van der Waals surface area contributed by atoms with Gasteiger partial charge in [-0.3, -0.25) is 0 Å². The quantitative estimate of drug-likeness (QED) is 0.770. The molecule has 0 heterocycles. The molecule has 0 saturated heterocycles. The van der Waals surface area contributed by atoms with E-state index in [1.54, 1.807) is 7.11 Å². The SMILES string of the molecule is CCOC1(C(O)CCC(C)(C)OC)CCC(C)CC1. The lowest BCUT2D eigenvalue weighted by Crippen LogP contribution is -2.48. The molecule has 1 atom stereocenters. The number of aliphatic hydroxyl groups excluding tert-OH is 1. The standard InChI is InChI=1S/C16H32O3/c1-6-19-16(11-7-13(2)8-12-16)14(17)9-10-15(3,4)18-5/h13-14,17H,6-12H2,1-5H3. The summed E-state index contributed by atoms with van der Waals surface area (Å²) in [6, 6.07) is 0. The van der Waals surface area contributed by atoms with Crippen molar-refractivity contribution in [1.82, 2.24) is 0 Å². The minimum Gasteiger partial charge on any atom is -0.390 e. The molecule has 0 radical (unpaired) electrons. The Labute approximate surface area is 118 Å². The van der Waals surface area contributed by atoms with Crippen LogP contribution in [0.4, 0.5) is 0 Å². The molecule has 1 saturated carbocycles. The topological polar surface area (TPSA) is 38.7 Å². The fourth-order valence-electron chi connectivity index (χ4n) is 2.96. The van der Waals surface area contributed by atoms with Crippen LogP contribution in [0.25, 0.3) is 0 Å². The van der Waals surface area contributed by atoms with Crippen molar-refractivity contribution >= 4 is 0 Å². The summed E-state index contributed by atoms with van der Waals surface area (Å²) in [5.41, 5.74) is -0.485. The molecule has 0 aromatic heterocycles. The average molecular weight is 272 g/mol. The predicted molar refractivity (Wildman–Crippen MR) is 78.3 cm³/mol. The van der Waals surface area contributed by atoms with Crippen LogP contribution >= 0.6 is 0 Å². The number of aliphatic hydroxyl groups is 1. The van der Waals surface area contributed by atoms with E-state index in [-0.39, 0.29) is 17.3 Å². The summed E-state index contributed by atoms with van der Waals surface area (Å²) in [4.78, 5) is 0. The molecule has 0 spiro atoms. The van der Waals surface area contributed by atoms with Crippen LogP contribution in [0.15, 0.2) is 0 Å². The molecule has 19 heavy (non-hydrogen) atoms. The smallest absolute Gasteiger partial charge is 0.0940 e. The van der Waals surface area contributed by atoms with Gasteiger partial charge in [0.15, 0.2) is 0 Å². The monoisotopic (exact) mass is 272 g/mol. The molecule has 1 N–H and O–H groups in total. The highest BCUT2D eigenvalue weighted by Gasteiger charge is 2.41. The fraction of sp³-hybridized carbons (Fsp3) is 1.00. The first-order valence-electron chi connectivity index (χ1n) is 7.72. The maximum Gasteiger partial charge on any atom is 0.0940 e. The third-order valence-electron chi connectivity index (χ3n) is 4.73. The van der Waals surface area contributed by atoms with Gasteiger partial charge in [0.25, 0.3) is 0 Å². The Morgan fingerprint density at radius 3 is 2.37 bits per heavy atom. The van der Waals surface area contributed by atoms with Crippen molar-refractivity contribution in [2.24, 2.45) is 5.92 Å². The molecule has 0 bridgehead atoms. The third-order valence-corrected chi connectivity index (χ3v) is 4.73. The highest BCUT2D eigenvalue weighted by molar-refractivity contribution is 4.93. The second kappa shape index (κ2) is 7.05. The number of rotatable bonds is 7. The molecule has 0 amide bonds. The van der Waals surface area contributed by atoms with Gasteiger partial charge in [0.1, 0.15) is 0 Å². The van der Waals surface area contributed by atoms with Crippen LogP contribution in [0.1, 0.15) is 66.2 Å². The lowest BCUT2D eigenvalue weighted by atomic mass is 9.74. The summed E-state index contributed by atoms with van der Waals surface area (Å²) in [7, 11) is 1.73. The second-order valence-electron chi connectivity index (χ2n) is 6.70. The molecule has 3 heteroatoms. The highest BCUT2D eigenvalue weighted by Crippen LogP contribution is 2.39. The molecule has 0 aromatic carbocycles. The van der Waals surface area contributed by atoms with Gasteiger partial charge in [-0.2, -0.15) is 0 Å². The summed E-state index contributed by atoms with van der Waals surface area (Å²) >= 11 is 0. The molecule has 3 nitrogen and oxygen atoms in total. The van der Waals surface area contributed by atoms with Crippen LogP contribution in [0, 0.1) is 5.92 Å². The number of hydrogen-bond acceptors (Lipinski definition) is 3. The molecular weight excluding hydrogens is 240 g/mol. The first-order chi connectivity index (χ1) is 8.85. The van der Waals surface area contributed by atoms with Crippen LogP contribution in [0.5, 0.6) is 0 Å². The largest absolute Gasteiger partial charge is 0.390 e. The Balaban J connectivity index is 2.60. The molecule has 114 valence electrons. The van der Waals surface area contributed by atoms with Crippen LogP contribution < -0.4 is 0 Å². The van der Waals surface area contributed by atoms with Crippen LogP contribution in [0.2, 0.25) is 0 Å². The van der Waals surface area contributed by atoms with Gasteiger partial charge in [-0.25, -0.2) is 0 Å². The fourth-order valence-corrected chi connectivity index (χ4v) is 2.96. The van der Waals surface area contributed by atoms with Crippen LogP contribution in [-0.2, 0) is 9.47 Å². The first kappa shape index (κ1) is 16.9. The second-order valence-corrected chi connectivity index (χ2v) is 6.70. The van der Waals surface area contributed by atoms with E-state index in [9.17, 15) is 5.11 Å². The van der Waals surface area contributed by atoms with Crippen molar-refractivity contribution in [3.63, 3.8) is 0 Å². The lowest BCUT2D eigenvalue weighted by Gasteiger charge is -2.43. The number of methoxy groups -OCH3 is 1. The van der Waals surface area contributed by atoms with E-state index < -0.39 is 0 Å². The lowest BCUT2D eigenvalue weighted by molar-refractivity contribution is -0.150. The Hall–Kier alpha value is -0.120. The van der Waals surface area contributed by atoms with Crippen molar-refractivity contribution < 1.29 is 14.6 Å². The van der Waals surface area contributed by atoms with E-state index in [2.05, 4.69) is 20.8 Å². The van der Waals surface area contributed by atoms with E-state index >= 15 is 0 Å². The number of hydrogen-bond donors (Lipinski definition) is 1. The van der Waals surface area contributed by atoms with Crippen molar-refractivity contribution in [2.45, 2.75) is 83.5 Å². The average Bonchev–Trinajstić information content (AvgIpc) is 2.39. The van der Waals surface area contributed by atoms with Crippen molar-refractivity contribution in [1.29, 1.82) is 0 Å². The minimum absolute atomic E-state index is 0.170. The van der Waals surface area contributed by atoms with Gasteiger partial charge in [0.2, 0.25) is 0 Å². The van der Waals surface area contributed by atoms with Gasteiger partial charge in [-0.05, 0) is 65.2 Å². The summed E-state index contributed by atoms with van der Waals surface area (Å²) in [5, 5.41) is 10.6. The van der Waals surface area contributed by atoms with E-state index in [1.807, 2.05) is 6.92 Å². The highest BCUT2D eigenvalue weighted by atomic mass is 16.5. The molecule has 1 fully saturated rings. The van der Waals surface area contributed by atoms with Crippen molar-refractivity contribution in [2.75, 3.05) is 13.7 Å². The molecule has 1 unspecified atom stereocenters. The molecule has 1 rings (SSSR count). The molecule has 0 aliphatic heterocycles. The summed E-state index contributed by atoms with van der Waals surface area (Å²) in [6.07, 6.45) is 5.50. The van der Waals surface area contributed by atoms with Crippen LogP contribution in [-0.4, -0.2) is 36.1 Å². The molecule has 0 aromatic rings. The summed E-state index contributed by atoms with van der Waals surface area (Å²) in [5.74, 6) is 0.760. The summed E-state index contributed by atoms with van der Waals surface area (Å²) < 4.78 is 11.4. The molecule has 1 aliphatic rings. The van der Waals surface area contributed by atoms with E-state index in [1.165, 1.54) is 0 Å². The Morgan fingerprint density at radius 2 is 1.89 bits per heavy atom. The Bertz CT molecular complexity index is 255. The zero-order chi connectivity index (χ0) is 14.5. The maximum absolute atomic E-state index is 10.6. The van der Waals surface area contributed by atoms with E-state index in [4.69, 9.17) is 9.47 Å². The van der Waals surface area contributed by atoms with Gasteiger partial charge in [-0.15, -0.1) is 0 Å². The van der Waals surface area contributed by atoms with Crippen LogP contribution in [0.3, 0.4) is 0 Å². The van der Waals surface area contributed by atoms with E-state index in [0.29, 0.717) is 6.61 Å². The van der Waals surface area contributed by atoms with Crippen molar-refractivity contribution in [3.8, 4) is 0 Å². The zero-order valence-corrected chi connectivity index (χ0v) is 13.4. The Kier molecular flexibility index (Phi) is 6.28. The van der Waals surface area contributed by atoms with Gasteiger partial charge in [0.05, 0.1) is 17.3 Å².